The smallest absolute Gasteiger partial charge is 0.413 e. The summed E-state index contributed by atoms with van der Waals surface area (Å²) < 4.78 is 28.6. The maximum Gasteiger partial charge on any atom is 0.413 e. The van der Waals surface area contributed by atoms with Gasteiger partial charge in [0.25, 0.3) is 5.91 Å². The maximum atomic E-state index is 14.7. The highest BCUT2D eigenvalue weighted by Gasteiger charge is 2.47. The zero-order valence-electron chi connectivity index (χ0n) is 28.0. The van der Waals surface area contributed by atoms with Gasteiger partial charge < -0.3 is 33.7 Å². The highest BCUT2D eigenvalue weighted by atomic mass is 16.7. The van der Waals surface area contributed by atoms with E-state index in [0.717, 1.165) is 27.2 Å². The summed E-state index contributed by atoms with van der Waals surface area (Å²) in [5, 5.41) is 12.2. The van der Waals surface area contributed by atoms with Crippen molar-refractivity contribution >= 4 is 18.1 Å². The van der Waals surface area contributed by atoms with Crippen molar-refractivity contribution < 1.29 is 38.4 Å². The predicted molar refractivity (Wildman–Crippen MR) is 183 cm³/mol. The Hall–Kier alpha value is -5.48. The number of amides is 2. The normalized spacial score (nSPS) is 17.8. The Kier molecular flexibility index (Phi) is 10.1. The number of hydrogen-bond donors (Lipinski definition) is 1. The second kappa shape index (κ2) is 14.7. The number of rotatable bonds is 10. The van der Waals surface area contributed by atoms with E-state index in [2.05, 4.69) is 0 Å². The number of aryl methyl sites for hydroxylation is 1. The molecule has 0 spiro atoms. The highest BCUT2D eigenvalue weighted by molar-refractivity contribution is 5.91. The van der Waals surface area contributed by atoms with Crippen LogP contribution in [-0.4, -0.2) is 59.2 Å². The summed E-state index contributed by atoms with van der Waals surface area (Å²) in [6, 6.07) is 27.2. The number of fused-ring (bicyclic) bond motifs is 1. The standard InChI is InChI=1S/C39H40N2O8/c1-25(2)49-39(44)41-32(18-29-15-16-33(45-4)26(3)17-29)37(42)40(22-27-11-7-5-8-12-27)31(38(41)43)19-30-20-35-36(48-24-47-35)21-34(30)46-23-28-13-9-6-10-14-28/h5-17,19-21,25,32,38,43H,18,22-24H2,1-4H3/b31-19-. The Labute approximate surface area is 286 Å². The van der Waals surface area contributed by atoms with Crippen LogP contribution in [0.15, 0.2) is 96.7 Å². The van der Waals surface area contributed by atoms with Crippen LogP contribution in [0.3, 0.4) is 0 Å². The van der Waals surface area contributed by atoms with Crippen LogP contribution in [0.1, 0.15) is 41.7 Å². The highest BCUT2D eigenvalue weighted by Crippen LogP contribution is 2.41. The number of aliphatic hydroxyl groups excluding tert-OH is 1. The summed E-state index contributed by atoms with van der Waals surface area (Å²) in [7, 11) is 1.60. The van der Waals surface area contributed by atoms with Crippen LogP contribution in [0.4, 0.5) is 4.79 Å². The van der Waals surface area contributed by atoms with E-state index in [1.165, 1.54) is 4.90 Å². The molecule has 1 saturated heterocycles. The lowest BCUT2D eigenvalue weighted by molar-refractivity contribution is -0.148. The van der Waals surface area contributed by atoms with Crippen LogP contribution in [-0.2, 0) is 29.1 Å². The van der Waals surface area contributed by atoms with Crippen molar-refractivity contribution in [2.24, 2.45) is 0 Å². The van der Waals surface area contributed by atoms with Crippen LogP contribution >= 0.6 is 0 Å². The topological polar surface area (TPSA) is 107 Å². The molecule has 10 nitrogen and oxygen atoms in total. The van der Waals surface area contributed by atoms with Crippen LogP contribution in [0.5, 0.6) is 23.0 Å². The van der Waals surface area contributed by atoms with Crippen LogP contribution < -0.4 is 18.9 Å². The van der Waals surface area contributed by atoms with E-state index in [1.807, 2.05) is 85.8 Å². The summed E-state index contributed by atoms with van der Waals surface area (Å²) in [5.74, 6) is 1.80. The molecule has 0 aliphatic carbocycles. The Balaban J connectivity index is 1.45. The second-order valence-corrected chi connectivity index (χ2v) is 12.2. The molecular weight excluding hydrogens is 624 g/mol. The average Bonchev–Trinajstić information content (AvgIpc) is 3.55. The van der Waals surface area contributed by atoms with Gasteiger partial charge in [-0.1, -0.05) is 72.8 Å². The molecule has 2 aliphatic heterocycles. The van der Waals surface area contributed by atoms with Crippen molar-refractivity contribution in [2.75, 3.05) is 13.9 Å². The van der Waals surface area contributed by atoms with E-state index in [1.54, 1.807) is 39.2 Å². The van der Waals surface area contributed by atoms with E-state index in [4.69, 9.17) is 23.7 Å². The van der Waals surface area contributed by atoms with Gasteiger partial charge in [-0.2, -0.15) is 0 Å². The number of nitrogens with zero attached hydrogens (tertiary/aromatic N) is 2. The van der Waals surface area contributed by atoms with Crippen molar-refractivity contribution in [3.05, 3.63) is 125 Å². The number of aliphatic hydroxyl groups is 1. The monoisotopic (exact) mass is 664 g/mol. The molecule has 0 bridgehead atoms. The minimum atomic E-state index is -1.55. The molecule has 0 radical (unpaired) electrons. The molecular formula is C39H40N2O8. The Morgan fingerprint density at radius 1 is 0.918 bits per heavy atom. The summed E-state index contributed by atoms with van der Waals surface area (Å²) >= 11 is 0. The zero-order chi connectivity index (χ0) is 34.5. The number of hydrogen-bond acceptors (Lipinski definition) is 8. The van der Waals surface area contributed by atoms with Crippen molar-refractivity contribution in [1.82, 2.24) is 9.80 Å². The first-order valence-corrected chi connectivity index (χ1v) is 16.2. The van der Waals surface area contributed by atoms with E-state index in [-0.39, 0.29) is 38.0 Å². The Morgan fingerprint density at radius 2 is 1.59 bits per heavy atom. The Bertz CT molecular complexity index is 1830. The van der Waals surface area contributed by atoms with Gasteiger partial charge in [0.15, 0.2) is 17.7 Å². The third-order valence-corrected chi connectivity index (χ3v) is 8.39. The lowest BCUT2D eigenvalue weighted by Gasteiger charge is -2.45. The van der Waals surface area contributed by atoms with Gasteiger partial charge in [0.2, 0.25) is 6.79 Å². The van der Waals surface area contributed by atoms with E-state index < -0.39 is 24.5 Å². The molecule has 49 heavy (non-hydrogen) atoms. The zero-order valence-corrected chi connectivity index (χ0v) is 28.0. The molecule has 10 heteroatoms. The second-order valence-electron chi connectivity index (χ2n) is 12.2. The molecule has 2 unspecified atom stereocenters. The van der Waals surface area contributed by atoms with E-state index in [9.17, 15) is 14.7 Å². The van der Waals surface area contributed by atoms with Crippen molar-refractivity contribution in [1.29, 1.82) is 0 Å². The molecule has 2 aliphatic rings. The maximum absolute atomic E-state index is 14.7. The number of carbonyl (C=O) groups excluding carboxylic acids is 2. The SMILES string of the molecule is COc1ccc(CC2C(=O)N(Cc3ccccc3)/C(=C\c3cc4c(cc3OCc3ccccc3)OCO4)C(O)N2C(=O)OC(C)C)cc1C. The van der Waals surface area contributed by atoms with Gasteiger partial charge in [0.05, 0.1) is 25.5 Å². The largest absolute Gasteiger partial charge is 0.496 e. The number of benzene rings is 4. The van der Waals surface area contributed by atoms with E-state index >= 15 is 0 Å². The van der Waals surface area contributed by atoms with Crippen LogP contribution in [0, 0.1) is 6.92 Å². The van der Waals surface area contributed by atoms with Crippen LogP contribution in [0.25, 0.3) is 6.08 Å². The molecule has 2 amide bonds. The van der Waals surface area contributed by atoms with Gasteiger partial charge in [0, 0.05) is 18.1 Å². The molecule has 4 aromatic rings. The van der Waals surface area contributed by atoms with Gasteiger partial charge in [-0.25, -0.2) is 4.79 Å². The quantitative estimate of drug-likeness (QED) is 0.206. The first-order chi connectivity index (χ1) is 23.7. The summed E-state index contributed by atoms with van der Waals surface area (Å²) in [5.41, 5.74) is 4.19. The molecule has 254 valence electrons. The third kappa shape index (κ3) is 7.49. The summed E-state index contributed by atoms with van der Waals surface area (Å²) in [6.45, 7) is 5.82. The van der Waals surface area contributed by atoms with Gasteiger partial charge in [-0.15, -0.1) is 0 Å². The lowest BCUT2D eigenvalue weighted by Crippen LogP contribution is -2.62. The predicted octanol–water partition coefficient (Wildman–Crippen LogP) is 6.47. The van der Waals surface area contributed by atoms with Gasteiger partial charge in [-0.3, -0.25) is 9.69 Å². The molecule has 6 rings (SSSR count). The first-order valence-electron chi connectivity index (χ1n) is 16.2. The van der Waals surface area contributed by atoms with Crippen molar-refractivity contribution in [3.63, 3.8) is 0 Å². The minimum Gasteiger partial charge on any atom is -0.496 e. The summed E-state index contributed by atoms with van der Waals surface area (Å²) in [4.78, 5) is 31.1. The molecule has 2 heterocycles. The fourth-order valence-electron chi connectivity index (χ4n) is 6.00. The number of piperazine rings is 1. The van der Waals surface area contributed by atoms with Crippen molar-refractivity contribution in [3.8, 4) is 23.0 Å². The van der Waals surface area contributed by atoms with Gasteiger partial charge >= 0.3 is 6.09 Å². The molecule has 1 N–H and O–H groups in total. The van der Waals surface area contributed by atoms with Crippen LogP contribution in [0.2, 0.25) is 0 Å². The van der Waals surface area contributed by atoms with E-state index in [0.29, 0.717) is 28.6 Å². The Morgan fingerprint density at radius 3 is 2.24 bits per heavy atom. The third-order valence-electron chi connectivity index (χ3n) is 8.39. The van der Waals surface area contributed by atoms with Crippen molar-refractivity contribution in [2.45, 2.75) is 58.7 Å². The van der Waals surface area contributed by atoms with Gasteiger partial charge in [-0.05, 0) is 61.2 Å². The van der Waals surface area contributed by atoms with Gasteiger partial charge in [0.1, 0.15) is 24.1 Å². The summed E-state index contributed by atoms with van der Waals surface area (Å²) in [6.07, 6.45) is -1.04. The molecule has 0 saturated carbocycles. The number of ether oxygens (including phenoxy) is 5. The number of methoxy groups -OCH3 is 1. The number of carbonyl (C=O) groups is 2. The minimum absolute atomic E-state index is 0.0516. The molecule has 0 aromatic heterocycles. The fourth-order valence-corrected chi connectivity index (χ4v) is 6.00. The molecule has 1 fully saturated rings. The molecule has 2 atom stereocenters. The fraction of sp³-hybridized carbons (Fsp3) is 0.282. The molecule has 4 aromatic carbocycles. The lowest BCUT2D eigenvalue weighted by atomic mass is 9.97. The first kappa shape index (κ1) is 33.4. The average molecular weight is 665 g/mol.